The highest BCUT2D eigenvalue weighted by molar-refractivity contribution is 7.12. The maximum absolute atomic E-state index is 3.54. The number of aryl methyl sites for hydroxylation is 2. The van der Waals surface area contributed by atoms with Gasteiger partial charge in [0.05, 0.1) is 0 Å². The maximum Gasteiger partial charge on any atom is 0.0396 e. The maximum atomic E-state index is 3.54. The second-order valence-electron chi connectivity index (χ2n) is 5.50. The van der Waals surface area contributed by atoms with Gasteiger partial charge in [0.25, 0.3) is 0 Å². The van der Waals surface area contributed by atoms with Gasteiger partial charge in [-0.25, -0.2) is 0 Å². The number of hydrogen-bond donors (Lipinski definition) is 1. The van der Waals surface area contributed by atoms with Gasteiger partial charge in [-0.1, -0.05) is 6.92 Å². The van der Waals surface area contributed by atoms with Crippen molar-refractivity contribution in [2.45, 2.75) is 39.7 Å². The van der Waals surface area contributed by atoms with Crippen molar-refractivity contribution in [3.05, 3.63) is 21.4 Å². The molecule has 1 aliphatic heterocycles. The van der Waals surface area contributed by atoms with Gasteiger partial charge in [-0.05, 0) is 70.9 Å². The summed E-state index contributed by atoms with van der Waals surface area (Å²) >= 11 is 1.94. The lowest BCUT2D eigenvalue weighted by Crippen LogP contribution is -2.40. The summed E-state index contributed by atoms with van der Waals surface area (Å²) in [5, 5.41) is 3.54. The van der Waals surface area contributed by atoms with E-state index < -0.39 is 0 Å². The van der Waals surface area contributed by atoms with E-state index in [-0.39, 0.29) is 0 Å². The van der Waals surface area contributed by atoms with E-state index in [1.165, 1.54) is 29.1 Å². The Bertz CT molecular complexity index is 386. The summed E-state index contributed by atoms with van der Waals surface area (Å²) in [5.74, 6) is 0.761. The number of hydrogen-bond acceptors (Lipinski definition) is 3. The Balaban J connectivity index is 2.21. The zero-order valence-electron chi connectivity index (χ0n) is 12.1. The van der Waals surface area contributed by atoms with Crippen molar-refractivity contribution < 1.29 is 0 Å². The SMILES string of the molecule is CCNCC1CCCN(C)C1c1cc(C)sc1C. The quantitative estimate of drug-likeness (QED) is 0.899. The molecule has 2 atom stereocenters. The van der Waals surface area contributed by atoms with E-state index >= 15 is 0 Å². The minimum Gasteiger partial charge on any atom is -0.317 e. The molecular weight excluding hydrogens is 240 g/mol. The molecule has 0 saturated carbocycles. The lowest BCUT2D eigenvalue weighted by molar-refractivity contribution is 0.120. The van der Waals surface area contributed by atoms with Gasteiger partial charge >= 0.3 is 0 Å². The van der Waals surface area contributed by atoms with Gasteiger partial charge in [0.15, 0.2) is 0 Å². The summed E-state index contributed by atoms with van der Waals surface area (Å²) < 4.78 is 0. The van der Waals surface area contributed by atoms with E-state index in [1.54, 1.807) is 5.56 Å². The van der Waals surface area contributed by atoms with Crippen LogP contribution < -0.4 is 5.32 Å². The van der Waals surface area contributed by atoms with E-state index in [1.807, 2.05) is 11.3 Å². The van der Waals surface area contributed by atoms with Crippen molar-refractivity contribution in [1.29, 1.82) is 0 Å². The number of rotatable bonds is 4. The topological polar surface area (TPSA) is 15.3 Å². The number of likely N-dealkylation sites (tertiary alicyclic amines) is 1. The molecule has 2 nitrogen and oxygen atoms in total. The average Bonchev–Trinajstić information content (AvgIpc) is 2.65. The molecule has 0 aliphatic carbocycles. The first-order valence-electron chi connectivity index (χ1n) is 7.11. The molecule has 0 radical (unpaired) electrons. The Kier molecular flexibility index (Phi) is 4.82. The Hall–Kier alpha value is -0.380. The lowest BCUT2D eigenvalue weighted by atomic mass is 9.85. The molecule has 2 heterocycles. The van der Waals surface area contributed by atoms with Crippen LogP contribution in [0.1, 0.15) is 41.1 Å². The molecule has 1 fully saturated rings. The van der Waals surface area contributed by atoms with Crippen molar-refractivity contribution in [1.82, 2.24) is 10.2 Å². The Labute approximate surface area is 115 Å². The van der Waals surface area contributed by atoms with E-state index in [2.05, 4.69) is 44.1 Å². The van der Waals surface area contributed by atoms with Gasteiger partial charge in [0.1, 0.15) is 0 Å². The molecule has 1 saturated heterocycles. The first-order valence-corrected chi connectivity index (χ1v) is 7.93. The molecule has 1 aromatic rings. The van der Waals surface area contributed by atoms with Crippen LogP contribution in [0.25, 0.3) is 0 Å². The smallest absolute Gasteiger partial charge is 0.0396 e. The fourth-order valence-electron chi connectivity index (χ4n) is 3.24. The van der Waals surface area contributed by atoms with Crippen LogP contribution in [0.3, 0.4) is 0 Å². The minimum absolute atomic E-state index is 0.614. The second kappa shape index (κ2) is 6.18. The summed E-state index contributed by atoms with van der Waals surface area (Å²) in [5.41, 5.74) is 1.57. The first kappa shape index (κ1) is 14.0. The molecule has 1 aromatic heterocycles. The molecule has 0 amide bonds. The molecule has 2 rings (SSSR count). The molecule has 1 aliphatic rings. The van der Waals surface area contributed by atoms with Gasteiger partial charge in [-0.3, -0.25) is 4.90 Å². The molecule has 1 N–H and O–H groups in total. The summed E-state index contributed by atoms with van der Waals surface area (Å²) in [6.07, 6.45) is 2.70. The number of nitrogens with zero attached hydrogens (tertiary/aromatic N) is 1. The number of thiophene rings is 1. The van der Waals surface area contributed by atoms with Crippen LogP contribution in [0.4, 0.5) is 0 Å². The molecule has 0 aromatic carbocycles. The Morgan fingerprint density at radius 1 is 1.44 bits per heavy atom. The summed E-state index contributed by atoms with van der Waals surface area (Å²) in [7, 11) is 2.29. The molecular formula is C15H26N2S. The van der Waals surface area contributed by atoms with Crippen LogP contribution in [0, 0.1) is 19.8 Å². The van der Waals surface area contributed by atoms with Crippen molar-refractivity contribution in [2.24, 2.45) is 5.92 Å². The summed E-state index contributed by atoms with van der Waals surface area (Å²) in [6, 6.07) is 3.02. The van der Waals surface area contributed by atoms with E-state index in [0.717, 1.165) is 19.0 Å². The zero-order valence-corrected chi connectivity index (χ0v) is 12.9. The van der Waals surface area contributed by atoms with Crippen LogP contribution in [0.15, 0.2) is 6.07 Å². The van der Waals surface area contributed by atoms with Crippen LogP contribution in [0.2, 0.25) is 0 Å². The third-order valence-electron chi connectivity index (χ3n) is 4.06. The minimum atomic E-state index is 0.614. The highest BCUT2D eigenvalue weighted by Crippen LogP contribution is 2.38. The second-order valence-corrected chi connectivity index (χ2v) is 6.96. The van der Waals surface area contributed by atoms with Crippen molar-refractivity contribution in [2.75, 3.05) is 26.7 Å². The zero-order chi connectivity index (χ0) is 13.1. The van der Waals surface area contributed by atoms with Gasteiger partial charge in [0.2, 0.25) is 0 Å². The Morgan fingerprint density at radius 3 is 2.83 bits per heavy atom. The standard InChI is InChI=1S/C15H26N2S/c1-5-16-10-13-7-6-8-17(4)15(13)14-9-11(2)18-12(14)3/h9,13,15-16H,5-8,10H2,1-4H3. The lowest BCUT2D eigenvalue weighted by Gasteiger charge is -2.39. The molecule has 0 spiro atoms. The summed E-state index contributed by atoms with van der Waals surface area (Å²) in [4.78, 5) is 5.51. The van der Waals surface area contributed by atoms with Crippen LogP contribution in [-0.2, 0) is 0 Å². The van der Waals surface area contributed by atoms with Gasteiger partial charge < -0.3 is 5.32 Å². The van der Waals surface area contributed by atoms with Gasteiger partial charge in [0, 0.05) is 15.8 Å². The largest absolute Gasteiger partial charge is 0.317 e. The van der Waals surface area contributed by atoms with Gasteiger partial charge in [-0.2, -0.15) is 0 Å². The van der Waals surface area contributed by atoms with E-state index in [4.69, 9.17) is 0 Å². The third-order valence-corrected chi connectivity index (χ3v) is 5.04. The number of piperidine rings is 1. The molecule has 3 heteroatoms. The van der Waals surface area contributed by atoms with Crippen LogP contribution in [0.5, 0.6) is 0 Å². The normalized spacial score (nSPS) is 25.6. The predicted octanol–water partition coefficient (Wildman–Crippen LogP) is 3.36. The third kappa shape index (κ3) is 2.95. The summed E-state index contributed by atoms with van der Waals surface area (Å²) in [6.45, 7) is 10.2. The average molecular weight is 266 g/mol. The monoisotopic (exact) mass is 266 g/mol. The molecule has 102 valence electrons. The first-order chi connectivity index (χ1) is 8.63. The molecule has 0 bridgehead atoms. The molecule has 18 heavy (non-hydrogen) atoms. The van der Waals surface area contributed by atoms with Crippen molar-refractivity contribution in [3.63, 3.8) is 0 Å². The van der Waals surface area contributed by atoms with Crippen molar-refractivity contribution in [3.8, 4) is 0 Å². The predicted molar refractivity (Wildman–Crippen MR) is 80.4 cm³/mol. The Morgan fingerprint density at radius 2 is 2.22 bits per heavy atom. The van der Waals surface area contributed by atoms with Gasteiger partial charge in [-0.15, -0.1) is 11.3 Å². The van der Waals surface area contributed by atoms with E-state index in [9.17, 15) is 0 Å². The fourth-order valence-corrected chi connectivity index (χ4v) is 4.21. The fraction of sp³-hybridized carbons (Fsp3) is 0.733. The van der Waals surface area contributed by atoms with E-state index in [0.29, 0.717) is 6.04 Å². The highest BCUT2D eigenvalue weighted by Gasteiger charge is 2.31. The number of nitrogens with one attached hydrogen (secondary N) is 1. The van der Waals surface area contributed by atoms with Crippen molar-refractivity contribution >= 4 is 11.3 Å². The van der Waals surface area contributed by atoms with Crippen LogP contribution in [-0.4, -0.2) is 31.6 Å². The van der Waals surface area contributed by atoms with Crippen LogP contribution >= 0.6 is 11.3 Å². The molecule has 2 unspecified atom stereocenters. The highest BCUT2D eigenvalue weighted by atomic mass is 32.1.